The average molecular weight is 247 g/mol. The Kier molecular flexibility index (Phi) is 5.98. The average Bonchev–Trinajstić information content (AvgIpc) is 2.28. The predicted octanol–water partition coefficient (Wildman–Crippen LogP) is 0.829. The van der Waals surface area contributed by atoms with E-state index in [0.29, 0.717) is 12.6 Å². The van der Waals surface area contributed by atoms with Crippen LogP contribution in [-0.2, 0) is 20.3 Å². The first-order valence-electron chi connectivity index (χ1n) is 5.95. The molecule has 1 unspecified atom stereocenters. The van der Waals surface area contributed by atoms with Gasteiger partial charge in [0.1, 0.15) is 6.04 Å². The van der Waals surface area contributed by atoms with Crippen LogP contribution in [0.15, 0.2) is 0 Å². The van der Waals surface area contributed by atoms with E-state index >= 15 is 0 Å². The van der Waals surface area contributed by atoms with E-state index in [1.165, 1.54) is 0 Å². The van der Waals surface area contributed by atoms with Crippen molar-refractivity contribution in [2.24, 2.45) is 0 Å². The van der Waals surface area contributed by atoms with Crippen LogP contribution in [0.2, 0.25) is 0 Å². The summed E-state index contributed by atoms with van der Waals surface area (Å²) in [7, 11) is -0.648. The summed E-state index contributed by atoms with van der Waals surface area (Å²) in [4.78, 5) is 11.6. The van der Waals surface area contributed by atoms with Crippen LogP contribution in [-0.4, -0.2) is 40.4 Å². The van der Waals surface area contributed by atoms with Gasteiger partial charge in [-0.25, -0.2) is 0 Å². The molecule has 1 saturated heterocycles. The summed E-state index contributed by atoms with van der Waals surface area (Å²) in [5, 5.41) is 3.30. The Bertz CT molecular complexity index is 248. The summed E-state index contributed by atoms with van der Waals surface area (Å²) >= 11 is 0. The van der Waals surface area contributed by atoms with Crippen LogP contribution in [0.5, 0.6) is 0 Å². The normalized spacial score (nSPS) is 27.4. The second-order valence-electron chi connectivity index (χ2n) is 4.00. The smallest absolute Gasteiger partial charge is 0.323 e. The molecule has 0 aromatic carbocycles. The minimum atomic E-state index is -0.648. The summed E-state index contributed by atoms with van der Waals surface area (Å²) in [5.41, 5.74) is 0. The van der Waals surface area contributed by atoms with Crippen molar-refractivity contribution in [3.63, 3.8) is 0 Å². The Morgan fingerprint density at radius 1 is 1.44 bits per heavy atom. The van der Waals surface area contributed by atoms with Crippen molar-refractivity contribution in [2.75, 3.05) is 18.1 Å². The van der Waals surface area contributed by atoms with Crippen LogP contribution in [0.1, 0.15) is 33.1 Å². The van der Waals surface area contributed by atoms with Gasteiger partial charge in [0.15, 0.2) is 0 Å². The van der Waals surface area contributed by atoms with Crippen molar-refractivity contribution in [1.82, 2.24) is 5.32 Å². The minimum absolute atomic E-state index is 0.170. The van der Waals surface area contributed by atoms with E-state index in [-0.39, 0.29) is 12.0 Å². The molecule has 94 valence electrons. The Hall–Kier alpha value is -0.420. The van der Waals surface area contributed by atoms with E-state index < -0.39 is 10.8 Å². The summed E-state index contributed by atoms with van der Waals surface area (Å²) in [5.74, 6) is 1.32. The molecule has 1 atom stereocenters. The van der Waals surface area contributed by atoms with Gasteiger partial charge in [-0.1, -0.05) is 6.92 Å². The zero-order chi connectivity index (χ0) is 12.0. The zero-order valence-electron chi connectivity index (χ0n) is 10.0. The number of rotatable bonds is 5. The molecule has 0 aliphatic carbocycles. The van der Waals surface area contributed by atoms with E-state index in [9.17, 15) is 9.00 Å². The maximum atomic E-state index is 11.6. The molecule has 1 N–H and O–H groups in total. The molecule has 0 aromatic heterocycles. The van der Waals surface area contributed by atoms with Gasteiger partial charge in [0.25, 0.3) is 0 Å². The molecule has 16 heavy (non-hydrogen) atoms. The molecule has 1 rings (SSSR count). The number of carbonyl (C=O) groups excluding carboxylic acids is 1. The third-order valence-corrected chi connectivity index (χ3v) is 4.19. The molecule has 1 aliphatic rings. The number of carbonyl (C=O) groups is 1. The largest absolute Gasteiger partial charge is 0.465 e. The van der Waals surface area contributed by atoms with Gasteiger partial charge in [0, 0.05) is 28.3 Å². The number of hydrogen-bond acceptors (Lipinski definition) is 4. The van der Waals surface area contributed by atoms with Crippen LogP contribution in [0.4, 0.5) is 0 Å². The first-order valence-corrected chi connectivity index (χ1v) is 7.43. The Morgan fingerprint density at radius 2 is 2.06 bits per heavy atom. The molecule has 1 heterocycles. The van der Waals surface area contributed by atoms with Crippen molar-refractivity contribution in [1.29, 1.82) is 0 Å². The molecule has 0 spiro atoms. The molecule has 0 aromatic rings. The molecule has 0 amide bonds. The lowest BCUT2D eigenvalue weighted by Crippen LogP contribution is -2.46. The summed E-state index contributed by atoms with van der Waals surface area (Å²) < 4.78 is 16.2. The second kappa shape index (κ2) is 7.01. The molecular weight excluding hydrogens is 226 g/mol. The maximum absolute atomic E-state index is 11.6. The van der Waals surface area contributed by atoms with Crippen LogP contribution < -0.4 is 5.32 Å². The van der Waals surface area contributed by atoms with Crippen LogP contribution in [0.25, 0.3) is 0 Å². The third-order valence-electron chi connectivity index (χ3n) is 2.80. The van der Waals surface area contributed by atoms with Crippen LogP contribution in [0.3, 0.4) is 0 Å². The van der Waals surface area contributed by atoms with Gasteiger partial charge in [-0.2, -0.15) is 0 Å². The fraction of sp³-hybridized carbons (Fsp3) is 0.909. The monoisotopic (exact) mass is 247 g/mol. The Morgan fingerprint density at radius 3 is 2.56 bits per heavy atom. The number of esters is 1. The highest BCUT2D eigenvalue weighted by Crippen LogP contribution is 2.11. The molecule has 1 fully saturated rings. The fourth-order valence-corrected chi connectivity index (χ4v) is 3.14. The molecule has 4 nitrogen and oxygen atoms in total. The molecule has 0 bridgehead atoms. The van der Waals surface area contributed by atoms with Crippen molar-refractivity contribution >= 4 is 16.8 Å². The topological polar surface area (TPSA) is 55.4 Å². The van der Waals surface area contributed by atoms with Gasteiger partial charge in [0.05, 0.1) is 6.61 Å². The minimum Gasteiger partial charge on any atom is -0.465 e. The molecule has 5 heteroatoms. The third kappa shape index (κ3) is 4.22. The van der Waals surface area contributed by atoms with E-state index in [1.807, 2.05) is 13.8 Å². The van der Waals surface area contributed by atoms with Gasteiger partial charge >= 0.3 is 5.97 Å². The van der Waals surface area contributed by atoms with Gasteiger partial charge in [-0.15, -0.1) is 0 Å². The molecular formula is C11H21NO3S. The summed E-state index contributed by atoms with van der Waals surface area (Å²) in [6.45, 7) is 4.20. The van der Waals surface area contributed by atoms with E-state index in [4.69, 9.17) is 4.74 Å². The highest BCUT2D eigenvalue weighted by Gasteiger charge is 2.24. The van der Waals surface area contributed by atoms with Gasteiger partial charge < -0.3 is 10.1 Å². The highest BCUT2D eigenvalue weighted by atomic mass is 32.2. The lowest BCUT2D eigenvalue weighted by Gasteiger charge is -2.26. The van der Waals surface area contributed by atoms with Crippen molar-refractivity contribution in [2.45, 2.75) is 45.2 Å². The Balaban J connectivity index is 2.38. The first-order chi connectivity index (χ1) is 7.67. The second-order valence-corrected chi connectivity index (χ2v) is 5.70. The fourth-order valence-electron chi connectivity index (χ4n) is 1.84. The van der Waals surface area contributed by atoms with Crippen LogP contribution >= 0.6 is 0 Å². The lowest BCUT2D eigenvalue weighted by molar-refractivity contribution is -0.146. The van der Waals surface area contributed by atoms with E-state index in [1.54, 1.807) is 0 Å². The van der Waals surface area contributed by atoms with E-state index in [0.717, 1.165) is 30.8 Å². The SMILES string of the molecule is CCOC(=O)C(CC)NC1CCS(=O)CC1. The van der Waals surface area contributed by atoms with Gasteiger partial charge in [0.2, 0.25) is 0 Å². The summed E-state index contributed by atoms with van der Waals surface area (Å²) in [6.07, 6.45) is 2.52. The predicted molar refractivity (Wildman–Crippen MR) is 64.7 cm³/mol. The van der Waals surface area contributed by atoms with E-state index in [2.05, 4.69) is 5.32 Å². The van der Waals surface area contributed by atoms with Gasteiger partial charge in [-0.05, 0) is 26.2 Å². The number of nitrogens with one attached hydrogen (secondary N) is 1. The Labute approximate surface area is 99.6 Å². The highest BCUT2D eigenvalue weighted by molar-refractivity contribution is 7.85. The van der Waals surface area contributed by atoms with Crippen molar-refractivity contribution in [3.05, 3.63) is 0 Å². The first kappa shape index (κ1) is 13.6. The lowest BCUT2D eigenvalue weighted by atomic mass is 10.1. The molecule has 0 saturated carbocycles. The molecule has 1 aliphatic heterocycles. The van der Waals surface area contributed by atoms with Gasteiger partial charge in [-0.3, -0.25) is 9.00 Å². The number of ether oxygens (including phenoxy) is 1. The number of hydrogen-bond donors (Lipinski definition) is 1. The standard InChI is InChI=1S/C11H21NO3S/c1-3-10(11(13)15-4-2)12-9-5-7-16(14)8-6-9/h9-10,12H,3-8H2,1-2H3. The summed E-state index contributed by atoms with van der Waals surface area (Å²) in [6, 6.07) is 0.101. The molecule has 0 radical (unpaired) electrons. The maximum Gasteiger partial charge on any atom is 0.323 e. The van der Waals surface area contributed by atoms with Crippen LogP contribution in [0, 0.1) is 0 Å². The van der Waals surface area contributed by atoms with Crippen molar-refractivity contribution < 1.29 is 13.7 Å². The quantitative estimate of drug-likeness (QED) is 0.731. The van der Waals surface area contributed by atoms with Crippen molar-refractivity contribution in [3.8, 4) is 0 Å². The zero-order valence-corrected chi connectivity index (χ0v) is 10.8.